The zero-order valence-corrected chi connectivity index (χ0v) is 22.2. The minimum absolute atomic E-state index is 0.0392. The maximum absolute atomic E-state index is 12.3. The highest BCUT2D eigenvalue weighted by molar-refractivity contribution is 5.95. The number of rotatable bonds is 6. The Hall–Kier alpha value is -3.97. The van der Waals surface area contributed by atoms with E-state index in [1.165, 1.54) is 16.8 Å². The highest BCUT2D eigenvalue weighted by Gasteiger charge is 2.19. The fraction of sp³-hybridized carbons (Fsp3) is 0.300. The van der Waals surface area contributed by atoms with Crippen LogP contribution in [-0.2, 0) is 13.6 Å². The number of pyridine rings is 2. The Morgan fingerprint density at radius 3 is 2.57 bits per heavy atom. The summed E-state index contributed by atoms with van der Waals surface area (Å²) in [6.45, 7) is 4.84. The Labute approximate surface area is 218 Å². The van der Waals surface area contributed by atoms with Crippen LogP contribution in [0.5, 0.6) is 0 Å². The van der Waals surface area contributed by atoms with E-state index in [2.05, 4.69) is 69.1 Å². The Balaban J connectivity index is 1.34. The van der Waals surface area contributed by atoms with E-state index in [0.29, 0.717) is 0 Å². The summed E-state index contributed by atoms with van der Waals surface area (Å²) in [7, 11) is 7.55. The highest BCUT2D eigenvalue weighted by atomic mass is 16.2. The monoisotopic (exact) mass is 494 g/mol. The van der Waals surface area contributed by atoms with Crippen LogP contribution in [0.2, 0.25) is 0 Å². The zero-order valence-electron chi connectivity index (χ0n) is 22.2. The van der Waals surface area contributed by atoms with Crippen LogP contribution in [0.15, 0.2) is 60.9 Å². The number of carbonyl (C=O) groups excluding carboxylic acids is 1. The molecule has 1 aliphatic heterocycles. The molecule has 3 aromatic heterocycles. The molecule has 7 heteroatoms. The van der Waals surface area contributed by atoms with Gasteiger partial charge in [0, 0.05) is 82.4 Å². The van der Waals surface area contributed by atoms with Crippen LogP contribution in [0.1, 0.15) is 33.6 Å². The van der Waals surface area contributed by atoms with Crippen LogP contribution in [0.4, 0.5) is 5.82 Å². The SMILES string of the molecule is CNc1ccc(-c2ccnc3c2cc(CN2CC=C(c4ccc(C(=O)N(C)C)cc4C)CC2)n3C)cn1. The molecule has 1 aromatic carbocycles. The third kappa shape index (κ3) is 4.87. The van der Waals surface area contributed by atoms with Gasteiger partial charge >= 0.3 is 0 Å². The van der Waals surface area contributed by atoms with Crippen LogP contribution >= 0.6 is 0 Å². The lowest BCUT2D eigenvalue weighted by Crippen LogP contribution is -2.29. The maximum Gasteiger partial charge on any atom is 0.253 e. The van der Waals surface area contributed by atoms with Crippen LogP contribution in [0, 0.1) is 6.92 Å². The predicted octanol–water partition coefficient (Wildman–Crippen LogP) is 4.98. The van der Waals surface area contributed by atoms with Crippen molar-refractivity contribution in [1.82, 2.24) is 24.3 Å². The van der Waals surface area contributed by atoms with Gasteiger partial charge in [0.2, 0.25) is 0 Å². The van der Waals surface area contributed by atoms with E-state index in [0.717, 1.165) is 65.2 Å². The Morgan fingerprint density at radius 2 is 1.92 bits per heavy atom. The largest absolute Gasteiger partial charge is 0.373 e. The summed E-state index contributed by atoms with van der Waals surface area (Å²) in [5.74, 6) is 0.894. The number of hydrogen-bond acceptors (Lipinski definition) is 5. The molecule has 1 aliphatic rings. The lowest BCUT2D eigenvalue weighted by atomic mass is 9.94. The number of nitrogens with zero attached hydrogens (tertiary/aromatic N) is 5. The summed E-state index contributed by atoms with van der Waals surface area (Å²) < 4.78 is 2.21. The molecule has 5 rings (SSSR count). The summed E-state index contributed by atoms with van der Waals surface area (Å²) in [5.41, 5.74) is 8.95. The standard InChI is InChI=1S/C30H34N6O/c1-20-16-22(30(37)34(3)4)6-8-25(20)21-11-14-36(15-12-21)19-24-17-27-26(10-13-32-29(27)35(24)5)23-7-9-28(31-2)33-18-23/h6-11,13,16-18H,12,14-15,19H2,1-5H3,(H,31,33). The number of nitrogens with one attached hydrogen (secondary N) is 1. The molecular formula is C30H34N6O. The minimum Gasteiger partial charge on any atom is -0.373 e. The third-order valence-corrected chi connectivity index (χ3v) is 7.26. The second-order valence-corrected chi connectivity index (χ2v) is 9.92. The van der Waals surface area contributed by atoms with Crippen LogP contribution in [-0.4, -0.2) is 64.5 Å². The van der Waals surface area contributed by atoms with Gasteiger partial charge in [-0.25, -0.2) is 9.97 Å². The normalized spacial score (nSPS) is 14.0. The van der Waals surface area contributed by atoms with Crippen molar-refractivity contribution < 1.29 is 4.79 Å². The molecule has 0 unspecified atom stereocenters. The van der Waals surface area contributed by atoms with Crippen molar-refractivity contribution in [3.05, 3.63) is 83.3 Å². The van der Waals surface area contributed by atoms with E-state index in [1.54, 1.807) is 19.0 Å². The molecule has 0 spiro atoms. The van der Waals surface area contributed by atoms with Crippen LogP contribution in [0.3, 0.4) is 0 Å². The number of aryl methyl sites for hydroxylation is 2. The number of anilines is 1. The summed E-state index contributed by atoms with van der Waals surface area (Å²) in [6, 6.07) is 14.5. The zero-order chi connectivity index (χ0) is 26.1. The van der Waals surface area contributed by atoms with Crippen molar-refractivity contribution >= 4 is 28.3 Å². The third-order valence-electron chi connectivity index (χ3n) is 7.26. The van der Waals surface area contributed by atoms with E-state index in [-0.39, 0.29) is 5.91 Å². The summed E-state index contributed by atoms with van der Waals surface area (Å²) in [5, 5.41) is 4.22. The van der Waals surface area contributed by atoms with Crippen LogP contribution < -0.4 is 5.32 Å². The Kier molecular flexibility index (Phi) is 6.80. The first-order valence-electron chi connectivity index (χ1n) is 12.7. The van der Waals surface area contributed by atoms with Crippen molar-refractivity contribution in [1.29, 1.82) is 0 Å². The van der Waals surface area contributed by atoms with Gasteiger partial charge in [-0.3, -0.25) is 9.69 Å². The highest BCUT2D eigenvalue weighted by Crippen LogP contribution is 2.31. The molecule has 0 saturated carbocycles. The molecule has 4 aromatic rings. The molecule has 1 N–H and O–H groups in total. The Morgan fingerprint density at radius 1 is 1.08 bits per heavy atom. The van der Waals surface area contributed by atoms with Crippen molar-refractivity contribution in [3.8, 4) is 11.1 Å². The van der Waals surface area contributed by atoms with Crippen molar-refractivity contribution in [3.63, 3.8) is 0 Å². The van der Waals surface area contributed by atoms with Crippen molar-refractivity contribution in [2.24, 2.45) is 7.05 Å². The molecular weight excluding hydrogens is 460 g/mol. The molecule has 0 bridgehead atoms. The molecule has 1 amide bonds. The van der Waals surface area contributed by atoms with E-state index in [4.69, 9.17) is 0 Å². The van der Waals surface area contributed by atoms with Gasteiger partial charge in [-0.15, -0.1) is 0 Å². The van der Waals surface area contributed by atoms with Gasteiger partial charge in [0.25, 0.3) is 5.91 Å². The summed E-state index contributed by atoms with van der Waals surface area (Å²) >= 11 is 0. The predicted molar refractivity (Wildman–Crippen MR) is 151 cm³/mol. The molecule has 37 heavy (non-hydrogen) atoms. The molecule has 0 fully saturated rings. The average Bonchev–Trinajstić information content (AvgIpc) is 3.23. The quantitative estimate of drug-likeness (QED) is 0.410. The number of amides is 1. The van der Waals surface area contributed by atoms with Gasteiger partial charge in [-0.2, -0.15) is 0 Å². The Bertz CT molecular complexity index is 1480. The topological polar surface area (TPSA) is 66.3 Å². The summed E-state index contributed by atoms with van der Waals surface area (Å²) in [6.07, 6.45) is 7.11. The van der Waals surface area contributed by atoms with Crippen molar-refractivity contribution in [2.75, 3.05) is 39.5 Å². The van der Waals surface area contributed by atoms with E-state index < -0.39 is 0 Å². The number of carbonyl (C=O) groups is 1. The average molecular weight is 495 g/mol. The number of hydrogen-bond donors (Lipinski definition) is 1. The van der Waals surface area contributed by atoms with Gasteiger partial charge in [0.15, 0.2) is 0 Å². The molecule has 4 heterocycles. The molecule has 0 aliphatic carbocycles. The second-order valence-electron chi connectivity index (χ2n) is 9.92. The van der Waals surface area contributed by atoms with E-state index >= 15 is 0 Å². The number of benzene rings is 1. The number of aromatic nitrogens is 3. The molecule has 7 nitrogen and oxygen atoms in total. The fourth-order valence-electron chi connectivity index (χ4n) is 5.12. The summed E-state index contributed by atoms with van der Waals surface area (Å²) in [4.78, 5) is 25.6. The lowest BCUT2D eigenvalue weighted by molar-refractivity contribution is 0.0827. The van der Waals surface area contributed by atoms with Crippen LogP contribution in [0.25, 0.3) is 27.7 Å². The minimum atomic E-state index is 0.0392. The first kappa shape index (κ1) is 24.7. The maximum atomic E-state index is 12.3. The fourth-order valence-corrected chi connectivity index (χ4v) is 5.12. The van der Waals surface area contributed by atoms with E-state index in [1.807, 2.05) is 37.6 Å². The molecule has 190 valence electrons. The first-order chi connectivity index (χ1) is 17.9. The van der Waals surface area contributed by atoms with Gasteiger partial charge in [0.1, 0.15) is 11.5 Å². The van der Waals surface area contributed by atoms with Gasteiger partial charge in [-0.1, -0.05) is 12.1 Å². The smallest absolute Gasteiger partial charge is 0.253 e. The lowest BCUT2D eigenvalue weighted by Gasteiger charge is -2.27. The van der Waals surface area contributed by atoms with Crippen molar-refractivity contribution in [2.45, 2.75) is 19.9 Å². The van der Waals surface area contributed by atoms with Gasteiger partial charge < -0.3 is 14.8 Å². The first-order valence-corrected chi connectivity index (χ1v) is 12.7. The molecule has 0 radical (unpaired) electrons. The van der Waals surface area contributed by atoms with Gasteiger partial charge in [0.05, 0.1) is 0 Å². The second kappa shape index (κ2) is 10.2. The van der Waals surface area contributed by atoms with E-state index in [9.17, 15) is 4.79 Å². The number of fused-ring (bicyclic) bond motifs is 1. The van der Waals surface area contributed by atoms with Gasteiger partial charge in [-0.05, 0) is 72.0 Å². The molecule has 0 saturated heterocycles. The molecule has 0 atom stereocenters.